The van der Waals surface area contributed by atoms with E-state index in [1.807, 2.05) is 37.3 Å². The number of fused-ring (bicyclic) bond motifs is 1. The van der Waals surface area contributed by atoms with Crippen molar-refractivity contribution < 1.29 is 13.3 Å². The second-order valence-electron chi connectivity index (χ2n) is 6.01. The molecule has 0 unspecified atom stereocenters. The molecule has 25 heavy (non-hydrogen) atoms. The molecule has 3 rings (SSSR count). The maximum Gasteiger partial charge on any atom is 0.175 e. The third kappa shape index (κ3) is 3.99. The number of sulfone groups is 1. The van der Waals surface area contributed by atoms with Gasteiger partial charge in [0, 0.05) is 11.8 Å². The Morgan fingerprint density at radius 1 is 1.08 bits per heavy atom. The lowest BCUT2D eigenvalue weighted by molar-refractivity contribution is 0.158. The van der Waals surface area contributed by atoms with Crippen molar-refractivity contribution in [3.05, 3.63) is 65.2 Å². The predicted molar refractivity (Wildman–Crippen MR) is 101 cm³/mol. The Morgan fingerprint density at radius 2 is 1.80 bits per heavy atom. The fourth-order valence-electron chi connectivity index (χ4n) is 2.92. The van der Waals surface area contributed by atoms with E-state index in [0.717, 1.165) is 35.3 Å². The van der Waals surface area contributed by atoms with Crippen LogP contribution in [0.15, 0.2) is 58.6 Å². The van der Waals surface area contributed by atoms with Gasteiger partial charge in [0.15, 0.2) is 9.84 Å². The fourth-order valence-corrected chi connectivity index (χ4v) is 3.55. The zero-order chi connectivity index (χ0) is 17.9. The molecule has 0 aliphatic heterocycles. The first kappa shape index (κ1) is 17.4. The Morgan fingerprint density at radius 3 is 2.48 bits per heavy atom. The first-order valence-electron chi connectivity index (χ1n) is 8.28. The van der Waals surface area contributed by atoms with Crippen LogP contribution in [0.25, 0.3) is 11.6 Å². The SMILES string of the molecule is CCON=C1CCc2ccccc2/C1=C\c1ccc(S(C)(=O)=O)cc1. The lowest BCUT2D eigenvalue weighted by atomic mass is 9.85. The minimum absolute atomic E-state index is 0.321. The quantitative estimate of drug-likeness (QED) is 0.780. The molecular weight excluding hydrogens is 334 g/mol. The van der Waals surface area contributed by atoms with Gasteiger partial charge in [-0.15, -0.1) is 0 Å². The van der Waals surface area contributed by atoms with Crippen molar-refractivity contribution in [3.63, 3.8) is 0 Å². The predicted octanol–water partition coefficient (Wildman–Crippen LogP) is 3.97. The van der Waals surface area contributed by atoms with Gasteiger partial charge in [-0.05, 0) is 54.7 Å². The smallest absolute Gasteiger partial charge is 0.175 e. The van der Waals surface area contributed by atoms with Crippen molar-refractivity contribution in [2.45, 2.75) is 24.7 Å². The molecule has 1 aliphatic rings. The molecule has 0 bridgehead atoms. The van der Waals surface area contributed by atoms with E-state index in [9.17, 15) is 8.42 Å². The van der Waals surface area contributed by atoms with Crippen LogP contribution in [0.2, 0.25) is 0 Å². The molecule has 2 aromatic carbocycles. The van der Waals surface area contributed by atoms with Crippen LogP contribution < -0.4 is 0 Å². The van der Waals surface area contributed by atoms with Crippen LogP contribution in [0.1, 0.15) is 30.0 Å². The van der Waals surface area contributed by atoms with Gasteiger partial charge in [-0.1, -0.05) is 41.6 Å². The lowest BCUT2D eigenvalue weighted by Crippen LogP contribution is -2.13. The first-order chi connectivity index (χ1) is 12.0. The van der Waals surface area contributed by atoms with Crippen LogP contribution in [0, 0.1) is 0 Å². The summed E-state index contributed by atoms with van der Waals surface area (Å²) >= 11 is 0. The highest BCUT2D eigenvalue weighted by molar-refractivity contribution is 7.90. The van der Waals surface area contributed by atoms with E-state index in [1.165, 1.54) is 11.8 Å². The highest BCUT2D eigenvalue weighted by Crippen LogP contribution is 2.31. The summed E-state index contributed by atoms with van der Waals surface area (Å²) in [5, 5.41) is 4.29. The molecule has 0 N–H and O–H groups in total. The van der Waals surface area contributed by atoms with E-state index in [0.29, 0.717) is 11.5 Å². The van der Waals surface area contributed by atoms with Crippen LogP contribution in [0.4, 0.5) is 0 Å². The van der Waals surface area contributed by atoms with Crippen LogP contribution in [0.5, 0.6) is 0 Å². The minimum Gasteiger partial charge on any atom is -0.396 e. The molecule has 0 amide bonds. The van der Waals surface area contributed by atoms with E-state index >= 15 is 0 Å². The first-order valence-corrected chi connectivity index (χ1v) is 10.2. The average Bonchev–Trinajstić information content (AvgIpc) is 2.61. The van der Waals surface area contributed by atoms with E-state index in [-0.39, 0.29) is 0 Å². The molecule has 1 aliphatic carbocycles. The molecule has 0 aromatic heterocycles. The number of nitrogens with zero attached hydrogens (tertiary/aromatic N) is 1. The number of allylic oxidation sites excluding steroid dienone is 1. The molecule has 4 nitrogen and oxygen atoms in total. The topological polar surface area (TPSA) is 55.7 Å². The molecule has 0 fully saturated rings. The number of hydrogen-bond acceptors (Lipinski definition) is 4. The maximum atomic E-state index is 11.6. The zero-order valence-corrected chi connectivity index (χ0v) is 15.2. The van der Waals surface area contributed by atoms with Gasteiger partial charge >= 0.3 is 0 Å². The number of rotatable bonds is 4. The molecule has 0 spiro atoms. The molecule has 5 heteroatoms. The number of benzene rings is 2. The normalized spacial score (nSPS) is 17.5. The number of oxime groups is 1. The van der Waals surface area contributed by atoms with Gasteiger partial charge in [0.25, 0.3) is 0 Å². The second-order valence-corrected chi connectivity index (χ2v) is 8.03. The molecule has 0 heterocycles. The second kappa shape index (κ2) is 7.23. The summed E-state index contributed by atoms with van der Waals surface area (Å²) in [7, 11) is -3.19. The Labute approximate surface area is 148 Å². The van der Waals surface area contributed by atoms with E-state index in [1.54, 1.807) is 12.1 Å². The van der Waals surface area contributed by atoms with Crippen molar-refractivity contribution in [3.8, 4) is 0 Å². The van der Waals surface area contributed by atoms with Crippen LogP contribution in [-0.4, -0.2) is 27.0 Å². The summed E-state index contributed by atoms with van der Waals surface area (Å²) in [6.07, 6.45) is 5.02. The van der Waals surface area contributed by atoms with Crippen molar-refractivity contribution in [2.75, 3.05) is 12.9 Å². The largest absolute Gasteiger partial charge is 0.396 e. The Kier molecular flexibility index (Phi) is 5.04. The Balaban J connectivity index is 2.05. The van der Waals surface area contributed by atoms with Gasteiger partial charge in [-0.3, -0.25) is 0 Å². The van der Waals surface area contributed by atoms with E-state index in [2.05, 4.69) is 17.3 Å². The number of hydrogen-bond donors (Lipinski definition) is 0. The van der Waals surface area contributed by atoms with Gasteiger partial charge in [0.05, 0.1) is 10.6 Å². The highest BCUT2D eigenvalue weighted by atomic mass is 32.2. The Bertz CT molecular complexity index is 926. The van der Waals surface area contributed by atoms with Gasteiger partial charge in [0.2, 0.25) is 0 Å². The molecular formula is C20H21NO3S. The third-order valence-corrected chi connectivity index (χ3v) is 5.30. The van der Waals surface area contributed by atoms with E-state index in [4.69, 9.17) is 4.84 Å². The van der Waals surface area contributed by atoms with Crippen LogP contribution in [0.3, 0.4) is 0 Å². The molecule has 0 saturated heterocycles. The molecule has 0 saturated carbocycles. The van der Waals surface area contributed by atoms with Gasteiger partial charge in [-0.2, -0.15) is 0 Å². The fraction of sp³-hybridized carbons (Fsp3) is 0.250. The molecule has 2 aromatic rings. The highest BCUT2D eigenvalue weighted by Gasteiger charge is 2.20. The minimum atomic E-state index is -3.19. The Hall–Kier alpha value is -2.40. The zero-order valence-electron chi connectivity index (χ0n) is 14.4. The summed E-state index contributed by atoms with van der Waals surface area (Å²) in [6.45, 7) is 2.44. The third-order valence-electron chi connectivity index (χ3n) is 4.17. The molecule has 0 radical (unpaired) electrons. The van der Waals surface area contributed by atoms with Gasteiger partial charge in [-0.25, -0.2) is 8.42 Å². The van der Waals surface area contributed by atoms with Gasteiger partial charge < -0.3 is 4.84 Å². The lowest BCUT2D eigenvalue weighted by Gasteiger charge is -2.20. The van der Waals surface area contributed by atoms with Crippen molar-refractivity contribution >= 4 is 27.2 Å². The summed E-state index contributed by atoms with van der Waals surface area (Å²) in [5.74, 6) is 0. The van der Waals surface area contributed by atoms with E-state index < -0.39 is 9.84 Å². The van der Waals surface area contributed by atoms with Crippen LogP contribution in [-0.2, 0) is 21.1 Å². The van der Waals surface area contributed by atoms with Gasteiger partial charge in [0.1, 0.15) is 6.61 Å². The molecule has 130 valence electrons. The van der Waals surface area contributed by atoms with Crippen molar-refractivity contribution in [2.24, 2.45) is 5.16 Å². The molecule has 0 atom stereocenters. The van der Waals surface area contributed by atoms with Crippen molar-refractivity contribution in [1.29, 1.82) is 0 Å². The number of aryl methyl sites for hydroxylation is 1. The standard InChI is InChI=1S/C20H21NO3S/c1-3-24-21-20-13-10-16-6-4-5-7-18(16)19(20)14-15-8-11-17(12-9-15)25(2,22)23/h4-9,11-12,14H,3,10,13H2,1-2H3/b19-14+,21-20?. The summed E-state index contributed by atoms with van der Waals surface area (Å²) in [4.78, 5) is 5.61. The van der Waals surface area contributed by atoms with Crippen LogP contribution >= 0.6 is 0 Å². The monoisotopic (exact) mass is 355 g/mol. The maximum absolute atomic E-state index is 11.6. The summed E-state index contributed by atoms with van der Waals surface area (Å²) < 4.78 is 23.2. The summed E-state index contributed by atoms with van der Waals surface area (Å²) in [5.41, 5.74) is 5.33. The summed E-state index contributed by atoms with van der Waals surface area (Å²) in [6, 6.07) is 15.2. The van der Waals surface area contributed by atoms with Crippen molar-refractivity contribution in [1.82, 2.24) is 0 Å². The average molecular weight is 355 g/mol.